The van der Waals surface area contributed by atoms with Crippen molar-refractivity contribution in [2.24, 2.45) is 5.73 Å². The molecule has 0 heterocycles. The number of benzene rings is 1. The number of hydrogen-bond donors (Lipinski definition) is 1. The van der Waals surface area contributed by atoms with Gasteiger partial charge in [-0.25, -0.2) is 4.39 Å². The molecule has 0 spiro atoms. The van der Waals surface area contributed by atoms with Crippen molar-refractivity contribution >= 4 is 0 Å². The molecule has 1 rings (SSSR count). The van der Waals surface area contributed by atoms with Gasteiger partial charge in [0.1, 0.15) is 6.61 Å². The van der Waals surface area contributed by atoms with Crippen molar-refractivity contribution < 1.29 is 9.13 Å². The highest BCUT2D eigenvalue weighted by atomic mass is 19.1. The van der Waals surface area contributed by atoms with Crippen LogP contribution >= 0.6 is 0 Å². The lowest BCUT2D eigenvalue weighted by molar-refractivity contribution is 0.140. The summed E-state index contributed by atoms with van der Waals surface area (Å²) in [5.41, 5.74) is 6.50. The van der Waals surface area contributed by atoms with Gasteiger partial charge >= 0.3 is 0 Å². The van der Waals surface area contributed by atoms with Gasteiger partial charge in [-0.3, -0.25) is 4.90 Å². The van der Waals surface area contributed by atoms with E-state index in [0.29, 0.717) is 24.4 Å². The average molecular weight is 282 g/mol. The standard InChI is InChI=1S/C16H27FN2O/c1-11(2)19(12(3)4)8-9-20-16-7-6-14(13(5)18)10-15(16)17/h6-7,10-13H,8-9,18H2,1-5H3/t13-/m0/s1. The van der Waals surface area contributed by atoms with Crippen LogP contribution in [0.3, 0.4) is 0 Å². The molecule has 0 saturated heterocycles. The molecule has 0 saturated carbocycles. The Hall–Kier alpha value is -1.13. The molecule has 0 aliphatic carbocycles. The molecule has 2 N–H and O–H groups in total. The minimum absolute atomic E-state index is 0.170. The van der Waals surface area contributed by atoms with Crippen molar-refractivity contribution in [3.05, 3.63) is 29.6 Å². The molecule has 0 bridgehead atoms. The molecule has 3 nitrogen and oxygen atoms in total. The lowest BCUT2D eigenvalue weighted by Gasteiger charge is -2.30. The van der Waals surface area contributed by atoms with Crippen molar-refractivity contribution in [3.63, 3.8) is 0 Å². The Morgan fingerprint density at radius 1 is 1.15 bits per heavy atom. The molecule has 1 atom stereocenters. The van der Waals surface area contributed by atoms with Crippen LogP contribution in [0.1, 0.15) is 46.2 Å². The van der Waals surface area contributed by atoms with E-state index in [-0.39, 0.29) is 11.9 Å². The van der Waals surface area contributed by atoms with E-state index in [2.05, 4.69) is 32.6 Å². The van der Waals surface area contributed by atoms with Gasteiger partial charge in [0, 0.05) is 24.7 Å². The van der Waals surface area contributed by atoms with Crippen molar-refractivity contribution in [2.45, 2.75) is 52.7 Å². The maximum absolute atomic E-state index is 13.9. The maximum atomic E-state index is 13.9. The fraction of sp³-hybridized carbons (Fsp3) is 0.625. The van der Waals surface area contributed by atoms with E-state index in [1.807, 2.05) is 13.0 Å². The van der Waals surface area contributed by atoms with Crippen molar-refractivity contribution in [1.82, 2.24) is 4.90 Å². The third-order valence-corrected chi connectivity index (χ3v) is 3.42. The zero-order valence-electron chi connectivity index (χ0n) is 13.2. The summed E-state index contributed by atoms with van der Waals surface area (Å²) in [7, 11) is 0. The highest BCUT2D eigenvalue weighted by Crippen LogP contribution is 2.21. The van der Waals surface area contributed by atoms with Gasteiger partial charge < -0.3 is 10.5 Å². The van der Waals surface area contributed by atoms with Gasteiger partial charge in [0.05, 0.1) is 0 Å². The summed E-state index contributed by atoms with van der Waals surface area (Å²) in [6.07, 6.45) is 0. The van der Waals surface area contributed by atoms with E-state index in [9.17, 15) is 4.39 Å². The van der Waals surface area contributed by atoms with Crippen molar-refractivity contribution in [3.8, 4) is 5.75 Å². The number of ether oxygens (including phenoxy) is 1. The number of rotatable bonds is 7. The minimum atomic E-state index is -0.347. The van der Waals surface area contributed by atoms with Crippen LogP contribution in [0.4, 0.5) is 4.39 Å². The van der Waals surface area contributed by atoms with Gasteiger partial charge in [0.25, 0.3) is 0 Å². The van der Waals surface area contributed by atoms with E-state index in [1.54, 1.807) is 6.07 Å². The predicted molar refractivity (Wildman–Crippen MR) is 81.5 cm³/mol. The molecular formula is C16H27FN2O. The first-order valence-corrected chi connectivity index (χ1v) is 7.26. The maximum Gasteiger partial charge on any atom is 0.165 e. The molecule has 1 aromatic rings. The number of nitrogens with two attached hydrogens (primary N) is 1. The van der Waals surface area contributed by atoms with Gasteiger partial charge in [0.2, 0.25) is 0 Å². The first-order chi connectivity index (χ1) is 9.32. The molecule has 1 aromatic carbocycles. The molecule has 4 heteroatoms. The molecule has 0 amide bonds. The average Bonchev–Trinajstić information content (AvgIpc) is 2.34. The fourth-order valence-corrected chi connectivity index (χ4v) is 2.29. The van der Waals surface area contributed by atoms with Gasteiger partial charge in [-0.15, -0.1) is 0 Å². The Balaban J connectivity index is 2.58. The van der Waals surface area contributed by atoms with E-state index in [0.717, 1.165) is 12.1 Å². The van der Waals surface area contributed by atoms with E-state index < -0.39 is 0 Å². The van der Waals surface area contributed by atoms with Crippen LogP contribution in [-0.4, -0.2) is 30.1 Å². The molecular weight excluding hydrogens is 255 g/mol. The molecule has 0 fully saturated rings. The minimum Gasteiger partial charge on any atom is -0.489 e. The summed E-state index contributed by atoms with van der Waals surface area (Å²) in [4.78, 5) is 2.31. The van der Waals surface area contributed by atoms with Crippen LogP contribution in [0.5, 0.6) is 5.75 Å². The quantitative estimate of drug-likeness (QED) is 0.833. The topological polar surface area (TPSA) is 38.5 Å². The summed E-state index contributed by atoms with van der Waals surface area (Å²) >= 11 is 0. The van der Waals surface area contributed by atoms with Crippen LogP contribution in [0.15, 0.2) is 18.2 Å². The summed E-state index contributed by atoms with van der Waals surface area (Å²) < 4.78 is 19.4. The van der Waals surface area contributed by atoms with E-state index in [4.69, 9.17) is 10.5 Å². The largest absolute Gasteiger partial charge is 0.489 e. The third-order valence-electron chi connectivity index (χ3n) is 3.42. The smallest absolute Gasteiger partial charge is 0.165 e. The predicted octanol–water partition coefficient (Wildman–Crippen LogP) is 3.34. The molecule has 114 valence electrons. The Morgan fingerprint density at radius 3 is 2.20 bits per heavy atom. The third kappa shape index (κ3) is 4.76. The first kappa shape index (κ1) is 16.9. The molecule has 20 heavy (non-hydrogen) atoms. The second-order valence-electron chi connectivity index (χ2n) is 5.75. The Labute approximate surface area is 121 Å². The molecule has 0 unspecified atom stereocenters. The van der Waals surface area contributed by atoms with Crippen LogP contribution in [0.25, 0.3) is 0 Å². The zero-order chi connectivity index (χ0) is 15.3. The Bertz CT molecular complexity index is 411. The van der Waals surface area contributed by atoms with E-state index in [1.165, 1.54) is 6.07 Å². The lowest BCUT2D eigenvalue weighted by atomic mass is 10.1. The summed E-state index contributed by atoms with van der Waals surface area (Å²) in [5.74, 6) is -0.0534. The SMILES string of the molecule is CC(C)N(CCOc1ccc([C@H](C)N)cc1F)C(C)C. The molecule has 0 aliphatic heterocycles. The monoisotopic (exact) mass is 282 g/mol. The highest BCUT2D eigenvalue weighted by molar-refractivity contribution is 5.30. The van der Waals surface area contributed by atoms with Crippen LogP contribution in [-0.2, 0) is 0 Å². The van der Waals surface area contributed by atoms with Gasteiger partial charge in [-0.1, -0.05) is 6.07 Å². The lowest BCUT2D eigenvalue weighted by Crippen LogP contribution is -2.39. The summed E-state index contributed by atoms with van der Waals surface area (Å²) in [5, 5.41) is 0. The van der Waals surface area contributed by atoms with Crippen molar-refractivity contribution in [2.75, 3.05) is 13.2 Å². The van der Waals surface area contributed by atoms with Crippen LogP contribution in [0, 0.1) is 5.82 Å². The number of hydrogen-bond acceptors (Lipinski definition) is 3. The van der Waals surface area contributed by atoms with Crippen LogP contribution in [0.2, 0.25) is 0 Å². The molecule has 0 aromatic heterocycles. The first-order valence-electron chi connectivity index (χ1n) is 7.26. The second-order valence-corrected chi connectivity index (χ2v) is 5.75. The fourth-order valence-electron chi connectivity index (χ4n) is 2.29. The Kier molecular flexibility index (Phi) is 6.43. The summed E-state index contributed by atoms with van der Waals surface area (Å²) in [6, 6.07) is 5.64. The van der Waals surface area contributed by atoms with Gasteiger partial charge in [0.15, 0.2) is 11.6 Å². The number of halogens is 1. The van der Waals surface area contributed by atoms with Crippen LogP contribution < -0.4 is 10.5 Å². The van der Waals surface area contributed by atoms with Crippen molar-refractivity contribution in [1.29, 1.82) is 0 Å². The van der Waals surface area contributed by atoms with Gasteiger partial charge in [-0.2, -0.15) is 0 Å². The van der Waals surface area contributed by atoms with E-state index >= 15 is 0 Å². The zero-order valence-corrected chi connectivity index (χ0v) is 13.2. The second kappa shape index (κ2) is 7.60. The molecule has 0 aliphatic rings. The highest BCUT2D eigenvalue weighted by Gasteiger charge is 2.13. The normalized spacial score (nSPS) is 13.3. The molecule has 0 radical (unpaired) electrons. The Morgan fingerprint density at radius 2 is 1.75 bits per heavy atom. The number of nitrogens with zero attached hydrogens (tertiary/aromatic N) is 1. The summed E-state index contributed by atoms with van der Waals surface area (Å²) in [6.45, 7) is 11.7. The van der Waals surface area contributed by atoms with Gasteiger partial charge in [-0.05, 0) is 52.3 Å².